The van der Waals surface area contributed by atoms with Crippen molar-refractivity contribution in [1.82, 2.24) is 0 Å². The molecule has 0 saturated heterocycles. The molecule has 0 amide bonds. The van der Waals surface area contributed by atoms with Gasteiger partial charge in [-0.25, -0.2) is 0 Å². The summed E-state index contributed by atoms with van der Waals surface area (Å²) in [6.45, 7) is 8.85. The molecule has 1 aliphatic rings. The fraction of sp³-hybridized carbons (Fsp3) is 0.172. The van der Waals surface area contributed by atoms with Crippen molar-refractivity contribution in [3.8, 4) is 11.1 Å². The highest BCUT2D eigenvalue weighted by atomic mass is 14.3. The van der Waals surface area contributed by atoms with Crippen LogP contribution in [0.25, 0.3) is 22.3 Å². The number of hydrogen-bond acceptors (Lipinski definition) is 0. The first-order valence-electron chi connectivity index (χ1n) is 10.4. The third-order valence-electron chi connectivity index (χ3n) is 5.97. The molecule has 0 N–H and O–H groups in total. The van der Waals surface area contributed by atoms with Gasteiger partial charge in [0.15, 0.2) is 0 Å². The predicted molar refractivity (Wildman–Crippen MR) is 127 cm³/mol. The van der Waals surface area contributed by atoms with E-state index in [1.54, 1.807) is 0 Å². The van der Waals surface area contributed by atoms with E-state index in [1.165, 1.54) is 50.1 Å². The molecule has 0 heterocycles. The zero-order valence-electron chi connectivity index (χ0n) is 17.7. The van der Waals surface area contributed by atoms with E-state index in [0.717, 1.165) is 0 Å². The average molecular weight is 377 g/mol. The molecule has 0 bridgehead atoms. The second-order valence-corrected chi connectivity index (χ2v) is 8.10. The van der Waals surface area contributed by atoms with Gasteiger partial charge in [-0.3, -0.25) is 0 Å². The van der Waals surface area contributed by atoms with Gasteiger partial charge in [-0.15, -0.1) is 0 Å². The Morgan fingerprint density at radius 3 is 1.79 bits per heavy atom. The summed E-state index contributed by atoms with van der Waals surface area (Å²) in [6, 6.07) is 26.6. The minimum absolute atomic E-state index is 0.341. The van der Waals surface area contributed by atoms with Crippen molar-refractivity contribution in [3.05, 3.63) is 119 Å². The lowest BCUT2D eigenvalue weighted by molar-refractivity contribution is 0.889. The lowest BCUT2D eigenvalue weighted by Gasteiger charge is -2.23. The normalized spacial score (nSPS) is 16.6. The SMILES string of the molecule is CC1=CC=CC(c2ccc(C)cc2)=C(c2ccccc2-c2ccc(C)cc2)C1C. The summed E-state index contributed by atoms with van der Waals surface area (Å²) in [4.78, 5) is 0. The predicted octanol–water partition coefficient (Wildman–Crippen LogP) is 8.03. The summed E-state index contributed by atoms with van der Waals surface area (Å²) < 4.78 is 0. The topological polar surface area (TPSA) is 0 Å². The average Bonchev–Trinajstić information content (AvgIpc) is 2.88. The van der Waals surface area contributed by atoms with Crippen molar-refractivity contribution >= 4 is 11.1 Å². The number of aryl methyl sites for hydroxylation is 2. The van der Waals surface area contributed by atoms with Gasteiger partial charge < -0.3 is 0 Å². The first-order valence-corrected chi connectivity index (χ1v) is 10.4. The molecule has 0 radical (unpaired) electrons. The van der Waals surface area contributed by atoms with Crippen LogP contribution in [-0.4, -0.2) is 0 Å². The number of benzene rings is 3. The molecular formula is C29H28. The zero-order valence-corrected chi connectivity index (χ0v) is 17.7. The molecule has 0 aliphatic heterocycles. The third-order valence-corrected chi connectivity index (χ3v) is 5.97. The van der Waals surface area contributed by atoms with Crippen LogP contribution in [0.2, 0.25) is 0 Å². The summed E-state index contributed by atoms with van der Waals surface area (Å²) in [7, 11) is 0. The molecule has 1 aliphatic carbocycles. The second kappa shape index (κ2) is 8.09. The van der Waals surface area contributed by atoms with Gasteiger partial charge in [-0.05, 0) is 54.2 Å². The fourth-order valence-corrected chi connectivity index (χ4v) is 4.06. The van der Waals surface area contributed by atoms with Gasteiger partial charge in [0.05, 0.1) is 0 Å². The minimum atomic E-state index is 0.341. The Kier molecular flexibility index (Phi) is 5.36. The molecule has 1 atom stereocenters. The summed E-state index contributed by atoms with van der Waals surface area (Å²) in [6.07, 6.45) is 6.72. The maximum Gasteiger partial charge on any atom is 0.00324 e. The van der Waals surface area contributed by atoms with Crippen LogP contribution in [0, 0.1) is 19.8 Å². The Bertz CT molecular complexity index is 1100. The zero-order chi connectivity index (χ0) is 20.4. The van der Waals surface area contributed by atoms with Gasteiger partial charge in [-0.2, -0.15) is 0 Å². The van der Waals surface area contributed by atoms with Crippen molar-refractivity contribution in [2.45, 2.75) is 27.7 Å². The lowest BCUT2D eigenvalue weighted by Crippen LogP contribution is -2.04. The number of allylic oxidation sites excluding steroid dienone is 6. The highest BCUT2D eigenvalue weighted by Crippen LogP contribution is 2.42. The number of hydrogen-bond donors (Lipinski definition) is 0. The van der Waals surface area contributed by atoms with Crippen molar-refractivity contribution in [2.75, 3.05) is 0 Å². The van der Waals surface area contributed by atoms with Gasteiger partial charge in [0.25, 0.3) is 0 Å². The molecule has 0 heteroatoms. The molecule has 3 aromatic rings. The van der Waals surface area contributed by atoms with E-state index >= 15 is 0 Å². The molecule has 0 nitrogen and oxygen atoms in total. The summed E-state index contributed by atoms with van der Waals surface area (Å²) in [5.74, 6) is 0.341. The molecule has 0 fully saturated rings. The van der Waals surface area contributed by atoms with E-state index in [2.05, 4.69) is 119 Å². The third kappa shape index (κ3) is 3.89. The van der Waals surface area contributed by atoms with Gasteiger partial charge >= 0.3 is 0 Å². The first kappa shape index (κ1) is 19.2. The van der Waals surface area contributed by atoms with Gasteiger partial charge in [0.1, 0.15) is 0 Å². The van der Waals surface area contributed by atoms with Crippen LogP contribution in [0.4, 0.5) is 0 Å². The van der Waals surface area contributed by atoms with Crippen LogP contribution in [0.3, 0.4) is 0 Å². The second-order valence-electron chi connectivity index (χ2n) is 8.10. The molecule has 0 saturated carbocycles. The van der Waals surface area contributed by atoms with Crippen molar-refractivity contribution in [2.24, 2.45) is 5.92 Å². The Morgan fingerprint density at radius 2 is 1.17 bits per heavy atom. The van der Waals surface area contributed by atoms with Crippen molar-refractivity contribution < 1.29 is 0 Å². The van der Waals surface area contributed by atoms with Crippen LogP contribution in [0.5, 0.6) is 0 Å². The molecule has 144 valence electrons. The first-order chi connectivity index (χ1) is 14.0. The quantitative estimate of drug-likeness (QED) is 0.434. The van der Waals surface area contributed by atoms with E-state index in [4.69, 9.17) is 0 Å². The molecule has 1 unspecified atom stereocenters. The Hall–Kier alpha value is -3.12. The maximum absolute atomic E-state index is 2.33. The van der Waals surface area contributed by atoms with Gasteiger partial charge in [-0.1, -0.05) is 115 Å². The van der Waals surface area contributed by atoms with E-state index in [-0.39, 0.29) is 0 Å². The molecular weight excluding hydrogens is 348 g/mol. The summed E-state index contributed by atoms with van der Waals surface area (Å²) in [5, 5.41) is 0. The van der Waals surface area contributed by atoms with E-state index < -0.39 is 0 Å². The Morgan fingerprint density at radius 1 is 0.621 bits per heavy atom. The molecule has 0 aromatic heterocycles. The van der Waals surface area contributed by atoms with Crippen LogP contribution >= 0.6 is 0 Å². The smallest absolute Gasteiger partial charge is 0.00324 e. The van der Waals surface area contributed by atoms with Gasteiger partial charge in [0, 0.05) is 5.92 Å². The highest BCUT2D eigenvalue weighted by molar-refractivity contribution is 6.01. The Labute approximate surface area is 174 Å². The van der Waals surface area contributed by atoms with Crippen LogP contribution < -0.4 is 0 Å². The van der Waals surface area contributed by atoms with E-state index in [1.807, 2.05) is 0 Å². The van der Waals surface area contributed by atoms with Gasteiger partial charge in [0.2, 0.25) is 0 Å². The number of rotatable bonds is 3. The Balaban J connectivity index is 1.98. The van der Waals surface area contributed by atoms with Crippen molar-refractivity contribution in [3.63, 3.8) is 0 Å². The molecule has 4 rings (SSSR count). The van der Waals surface area contributed by atoms with Crippen LogP contribution in [0.15, 0.2) is 96.6 Å². The largest absolute Gasteiger partial charge is 0.0661 e. The van der Waals surface area contributed by atoms with Crippen molar-refractivity contribution in [1.29, 1.82) is 0 Å². The highest BCUT2D eigenvalue weighted by Gasteiger charge is 2.22. The summed E-state index contributed by atoms with van der Waals surface area (Å²) >= 11 is 0. The lowest BCUT2D eigenvalue weighted by atomic mass is 9.81. The minimum Gasteiger partial charge on any atom is -0.0661 e. The molecule has 3 aromatic carbocycles. The summed E-state index contributed by atoms with van der Waals surface area (Å²) in [5.41, 5.74) is 11.8. The van der Waals surface area contributed by atoms with Crippen LogP contribution in [-0.2, 0) is 0 Å². The molecule has 0 spiro atoms. The van der Waals surface area contributed by atoms with Crippen LogP contribution in [0.1, 0.15) is 36.1 Å². The maximum atomic E-state index is 2.33. The van der Waals surface area contributed by atoms with E-state index in [0.29, 0.717) is 5.92 Å². The standard InChI is InChI=1S/C29H28/c1-20-12-16-24(17-13-20)26-9-5-6-10-28(26)29-23(4)22(3)8-7-11-27(29)25-18-14-21(2)15-19-25/h5-19,23H,1-4H3. The molecule has 29 heavy (non-hydrogen) atoms. The van der Waals surface area contributed by atoms with E-state index in [9.17, 15) is 0 Å². The monoisotopic (exact) mass is 376 g/mol. The fourth-order valence-electron chi connectivity index (χ4n) is 4.06.